The molecule has 0 spiro atoms. The summed E-state index contributed by atoms with van der Waals surface area (Å²) in [4.78, 5) is 15.8. The largest absolute Gasteiger partial charge is 0.393 e. The quantitative estimate of drug-likeness (QED) is 0.899. The highest BCUT2D eigenvalue weighted by atomic mass is 35.5. The summed E-state index contributed by atoms with van der Waals surface area (Å²) in [6.45, 7) is 0.401. The lowest BCUT2D eigenvalue weighted by Gasteiger charge is -2.15. The number of nitrogens with one attached hydrogen (secondary N) is 1. The van der Waals surface area contributed by atoms with Crippen molar-refractivity contribution in [2.24, 2.45) is 5.92 Å². The van der Waals surface area contributed by atoms with Gasteiger partial charge in [0.1, 0.15) is 5.69 Å². The molecule has 1 amide bonds. The minimum absolute atomic E-state index is 0.0404. The molecular formula is C12H13Cl3N2O2. The van der Waals surface area contributed by atoms with Gasteiger partial charge in [0.05, 0.1) is 21.2 Å². The number of aliphatic hydroxyl groups is 1. The molecule has 1 saturated carbocycles. The van der Waals surface area contributed by atoms with Gasteiger partial charge in [-0.25, -0.2) is 4.98 Å². The Hall–Kier alpha value is -0.550. The molecular weight excluding hydrogens is 311 g/mol. The van der Waals surface area contributed by atoms with E-state index in [4.69, 9.17) is 34.8 Å². The summed E-state index contributed by atoms with van der Waals surface area (Å²) in [5.74, 6) is -0.326. The molecule has 1 aromatic heterocycles. The van der Waals surface area contributed by atoms with Gasteiger partial charge in [-0.15, -0.1) is 0 Å². The summed E-state index contributed by atoms with van der Waals surface area (Å²) in [7, 11) is 0. The second-order valence-electron chi connectivity index (χ2n) is 4.55. The fourth-order valence-electron chi connectivity index (χ4n) is 2.16. The summed E-state index contributed by atoms with van der Waals surface area (Å²) < 4.78 is 0. The zero-order chi connectivity index (χ0) is 14.0. The van der Waals surface area contributed by atoms with Crippen LogP contribution < -0.4 is 5.32 Å². The van der Waals surface area contributed by atoms with E-state index < -0.39 is 5.91 Å². The number of aliphatic hydroxyl groups excluding tert-OH is 1. The van der Waals surface area contributed by atoms with Gasteiger partial charge in [0.25, 0.3) is 5.91 Å². The number of hydrogen-bond donors (Lipinski definition) is 2. The number of nitrogens with zero attached hydrogens (tertiary/aromatic N) is 1. The average molecular weight is 324 g/mol. The highest BCUT2D eigenvalue weighted by molar-refractivity contribution is 6.48. The molecule has 4 nitrogen and oxygen atoms in total. The van der Waals surface area contributed by atoms with Crippen molar-refractivity contribution in [3.05, 3.63) is 27.0 Å². The monoisotopic (exact) mass is 322 g/mol. The number of carbonyl (C=O) groups excluding carboxylic acids is 1. The van der Waals surface area contributed by atoms with Crippen LogP contribution in [0.1, 0.15) is 29.8 Å². The minimum atomic E-state index is -0.414. The minimum Gasteiger partial charge on any atom is -0.393 e. The smallest absolute Gasteiger partial charge is 0.271 e. The van der Waals surface area contributed by atoms with Crippen LogP contribution in [0.4, 0.5) is 0 Å². The maximum Gasteiger partial charge on any atom is 0.271 e. The van der Waals surface area contributed by atoms with Gasteiger partial charge < -0.3 is 10.4 Å². The molecule has 7 heteroatoms. The molecule has 0 saturated heterocycles. The number of rotatable bonds is 3. The number of hydrogen-bond acceptors (Lipinski definition) is 3. The van der Waals surface area contributed by atoms with Crippen LogP contribution in [0.25, 0.3) is 0 Å². The lowest BCUT2D eigenvalue weighted by molar-refractivity contribution is 0.0912. The topological polar surface area (TPSA) is 62.2 Å². The van der Waals surface area contributed by atoms with Crippen molar-refractivity contribution < 1.29 is 9.90 Å². The first kappa shape index (κ1) is 14.9. The van der Waals surface area contributed by atoms with Crippen molar-refractivity contribution in [1.29, 1.82) is 0 Å². The van der Waals surface area contributed by atoms with E-state index in [1.165, 1.54) is 6.20 Å². The summed E-state index contributed by atoms with van der Waals surface area (Å²) in [6.07, 6.45) is 3.61. The molecule has 0 aromatic carbocycles. The Balaban J connectivity index is 2.02. The molecule has 0 bridgehead atoms. The number of aromatic nitrogens is 1. The fraction of sp³-hybridized carbons (Fsp3) is 0.500. The lowest BCUT2D eigenvalue weighted by Crippen LogP contribution is -2.33. The van der Waals surface area contributed by atoms with Crippen LogP contribution in [0.3, 0.4) is 0 Å². The van der Waals surface area contributed by atoms with Gasteiger partial charge in [0.15, 0.2) is 0 Å². The predicted molar refractivity (Wildman–Crippen MR) is 74.9 cm³/mol. The third-order valence-electron chi connectivity index (χ3n) is 3.28. The van der Waals surface area contributed by atoms with Gasteiger partial charge in [-0.2, -0.15) is 0 Å². The van der Waals surface area contributed by atoms with Gasteiger partial charge in [0, 0.05) is 18.7 Å². The summed E-state index contributed by atoms with van der Waals surface area (Å²) in [5.41, 5.74) is 0.0450. The van der Waals surface area contributed by atoms with Crippen LogP contribution in [-0.4, -0.2) is 28.6 Å². The first-order chi connectivity index (χ1) is 9.00. The maximum absolute atomic E-state index is 12.0. The second kappa shape index (κ2) is 6.27. The molecule has 1 fully saturated rings. The van der Waals surface area contributed by atoms with Gasteiger partial charge in [0.2, 0.25) is 0 Å². The van der Waals surface area contributed by atoms with Crippen molar-refractivity contribution in [3.8, 4) is 0 Å². The molecule has 1 aromatic rings. The van der Waals surface area contributed by atoms with Crippen LogP contribution in [0.5, 0.6) is 0 Å². The number of halogens is 3. The van der Waals surface area contributed by atoms with E-state index in [1.54, 1.807) is 0 Å². The third-order valence-corrected chi connectivity index (χ3v) is 4.52. The molecule has 1 aliphatic rings. The summed E-state index contributed by atoms with van der Waals surface area (Å²) >= 11 is 17.5. The SMILES string of the molecule is O=C(NCC1CCCC1O)c1ncc(Cl)c(Cl)c1Cl. The van der Waals surface area contributed by atoms with E-state index in [9.17, 15) is 9.90 Å². The van der Waals surface area contributed by atoms with Gasteiger partial charge >= 0.3 is 0 Å². The lowest BCUT2D eigenvalue weighted by atomic mass is 10.1. The summed E-state index contributed by atoms with van der Waals surface area (Å²) in [5, 5.41) is 12.7. The molecule has 104 valence electrons. The molecule has 0 radical (unpaired) electrons. The molecule has 2 N–H and O–H groups in total. The van der Waals surface area contributed by atoms with Crippen molar-refractivity contribution in [3.63, 3.8) is 0 Å². The van der Waals surface area contributed by atoms with Crippen LogP contribution in [0, 0.1) is 5.92 Å². The van der Waals surface area contributed by atoms with E-state index >= 15 is 0 Å². The standard InChI is InChI=1S/C12H13Cl3N2O2/c13-7-5-16-11(10(15)9(7)14)12(19)17-4-6-2-1-3-8(6)18/h5-6,8,18H,1-4H2,(H,17,19). The molecule has 2 unspecified atom stereocenters. The van der Waals surface area contributed by atoms with Crippen molar-refractivity contribution in [2.75, 3.05) is 6.54 Å². The molecule has 0 aliphatic heterocycles. The van der Waals surface area contributed by atoms with Crippen LogP contribution in [0.2, 0.25) is 15.1 Å². The molecule has 19 heavy (non-hydrogen) atoms. The maximum atomic E-state index is 12.0. The van der Waals surface area contributed by atoms with Crippen LogP contribution in [-0.2, 0) is 0 Å². The van der Waals surface area contributed by atoms with Crippen LogP contribution >= 0.6 is 34.8 Å². The van der Waals surface area contributed by atoms with Crippen LogP contribution in [0.15, 0.2) is 6.20 Å². The zero-order valence-corrected chi connectivity index (χ0v) is 12.3. The Morgan fingerprint density at radius 1 is 1.37 bits per heavy atom. The Kier molecular flexibility index (Phi) is 4.90. The predicted octanol–water partition coefficient (Wildman–Crippen LogP) is 2.93. The van der Waals surface area contributed by atoms with E-state index in [1.807, 2.05) is 0 Å². The highest BCUT2D eigenvalue weighted by Gasteiger charge is 2.26. The summed E-state index contributed by atoms with van der Waals surface area (Å²) in [6, 6.07) is 0. The van der Waals surface area contributed by atoms with Gasteiger partial charge in [-0.3, -0.25) is 4.79 Å². The number of carbonyl (C=O) groups is 1. The third kappa shape index (κ3) is 3.31. The van der Waals surface area contributed by atoms with E-state index in [2.05, 4.69) is 10.3 Å². The fourth-order valence-corrected chi connectivity index (χ4v) is 2.73. The first-order valence-electron chi connectivity index (χ1n) is 5.96. The molecule has 1 aliphatic carbocycles. The van der Waals surface area contributed by atoms with E-state index in [-0.39, 0.29) is 32.8 Å². The molecule has 1 heterocycles. The Bertz CT molecular complexity index is 496. The Labute approximate surface area is 126 Å². The highest BCUT2D eigenvalue weighted by Crippen LogP contribution is 2.31. The van der Waals surface area contributed by atoms with E-state index in [0.717, 1.165) is 19.3 Å². The van der Waals surface area contributed by atoms with Crippen molar-refractivity contribution >= 4 is 40.7 Å². The molecule has 2 rings (SSSR count). The van der Waals surface area contributed by atoms with Gasteiger partial charge in [-0.1, -0.05) is 41.2 Å². The average Bonchev–Trinajstić information content (AvgIpc) is 2.79. The van der Waals surface area contributed by atoms with Crippen molar-refractivity contribution in [1.82, 2.24) is 10.3 Å². The number of pyridine rings is 1. The number of amides is 1. The van der Waals surface area contributed by atoms with Gasteiger partial charge in [-0.05, 0) is 12.8 Å². The van der Waals surface area contributed by atoms with E-state index in [0.29, 0.717) is 6.54 Å². The normalized spacial score (nSPS) is 22.5. The zero-order valence-electron chi connectivity index (χ0n) is 10.00. The Morgan fingerprint density at radius 3 is 2.74 bits per heavy atom. The van der Waals surface area contributed by atoms with Crippen molar-refractivity contribution in [2.45, 2.75) is 25.4 Å². The second-order valence-corrected chi connectivity index (χ2v) is 5.71. The Morgan fingerprint density at radius 2 is 2.11 bits per heavy atom. The molecule has 2 atom stereocenters. The first-order valence-corrected chi connectivity index (χ1v) is 7.10.